The van der Waals surface area contributed by atoms with Crippen molar-refractivity contribution in [1.29, 1.82) is 0 Å². The second-order valence-electron chi connectivity index (χ2n) is 5.85. The van der Waals surface area contributed by atoms with Gasteiger partial charge in [0, 0.05) is 6.20 Å². The van der Waals surface area contributed by atoms with E-state index < -0.39 is 11.6 Å². The Balaban J connectivity index is 2.16. The van der Waals surface area contributed by atoms with Crippen LogP contribution in [0.5, 0.6) is 0 Å². The van der Waals surface area contributed by atoms with Gasteiger partial charge in [0.15, 0.2) is 5.82 Å². The zero-order chi connectivity index (χ0) is 13.3. The number of rotatable bonds is 2. The minimum atomic E-state index is -0.515. The molecule has 100 valence electrons. The molecule has 1 aromatic rings. The molecule has 18 heavy (non-hydrogen) atoms. The van der Waals surface area contributed by atoms with Crippen molar-refractivity contribution in [2.75, 3.05) is 5.73 Å². The number of nitrogens with zero attached hydrogens (tertiary/aromatic N) is 2. The molecule has 1 aliphatic rings. The largest absolute Gasteiger partial charge is 0.456 e. The molecule has 1 fully saturated rings. The van der Waals surface area contributed by atoms with Crippen LogP contribution in [0.4, 0.5) is 5.82 Å². The number of ether oxygens (including phenoxy) is 1. The summed E-state index contributed by atoms with van der Waals surface area (Å²) in [5.41, 5.74) is 5.65. The minimum absolute atomic E-state index is 0.260. The van der Waals surface area contributed by atoms with Crippen LogP contribution in [0.25, 0.3) is 0 Å². The van der Waals surface area contributed by atoms with E-state index in [1.807, 2.05) is 25.5 Å². The maximum atomic E-state index is 12.0. The number of carbonyl (C=O) groups excluding carboxylic acids is 1. The monoisotopic (exact) mass is 251 g/mol. The van der Waals surface area contributed by atoms with Crippen molar-refractivity contribution in [2.45, 2.75) is 58.1 Å². The summed E-state index contributed by atoms with van der Waals surface area (Å²) in [5.74, 6) is -0.139. The predicted molar refractivity (Wildman–Crippen MR) is 69.3 cm³/mol. The number of aromatic nitrogens is 2. The lowest BCUT2D eigenvalue weighted by Gasteiger charge is -2.18. The number of esters is 1. The Hall–Kier alpha value is -1.52. The third kappa shape index (κ3) is 2.83. The van der Waals surface area contributed by atoms with Crippen molar-refractivity contribution in [3.63, 3.8) is 0 Å². The molecule has 5 heteroatoms. The molecule has 1 aliphatic carbocycles. The lowest BCUT2D eigenvalue weighted by Crippen LogP contribution is -2.24. The number of hydrogen-bond donors (Lipinski definition) is 1. The van der Waals surface area contributed by atoms with Crippen LogP contribution in [0.1, 0.15) is 62.9 Å². The quantitative estimate of drug-likeness (QED) is 0.820. The van der Waals surface area contributed by atoms with E-state index in [1.54, 1.807) is 6.20 Å². The second kappa shape index (κ2) is 4.63. The minimum Gasteiger partial charge on any atom is -0.456 e. The van der Waals surface area contributed by atoms with Gasteiger partial charge in [0.2, 0.25) is 0 Å². The highest BCUT2D eigenvalue weighted by atomic mass is 16.6. The molecule has 0 aromatic carbocycles. The van der Waals surface area contributed by atoms with Crippen molar-refractivity contribution in [2.24, 2.45) is 0 Å². The summed E-state index contributed by atoms with van der Waals surface area (Å²) in [6.07, 6.45) is 6.36. The van der Waals surface area contributed by atoms with E-state index in [-0.39, 0.29) is 5.82 Å². The van der Waals surface area contributed by atoms with Crippen molar-refractivity contribution in [3.05, 3.63) is 11.8 Å². The van der Waals surface area contributed by atoms with Crippen LogP contribution >= 0.6 is 0 Å². The van der Waals surface area contributed by atoms with Gasteiger partial charge in [-0.05, 0) is 33.6 Å². The molecule has 0 bridgehead atoms. The van der Waals surface area contributed by atoms with Gasteiger partial charge < -0.3 is 10.5 Å². The Morgan fingerprint density at radius 1 is 1.44 bits per heavy atom. The van der Waals surface area contributed by atoms with Gasteiger partial charge in [0.1, 0.15) is 11.2 Å². The van der Waals surface area contributed by atoms with Crippen LogP contribution in [0, 0.1) is 0 Å². The Bertz CT molecular complexity index is 440. The van der Waals surface area contributed by atoms with Crippen molar-refractivity contribution >= 4 is 11.8 Å². The molecule has 0 atom stereocenters. The lowest BCUT2D eigenvalue weighted by atomic mass is 10.2. The van der Waals surface area contributed by atoms with Gasteiger partial charge in [-0.15, -0.1) is 0 Å². The van der Waals surface area contributed by atoms with Crippen LogP contribution in [0.2, 0.25) is 0 Å². The predicted octanol–water partition coefficient (Wildman–Crippen LogP) is 2.54. The molecular weight excluding hydrogens is 230 g/mol. The zero-order valence-corrected chi connectivity index (χ0v) is 11.3. The van der Waals surface area contributed by atoms with Crippen LogP contribution in [-0.2, 0) is 4.74 Å². The molecule has 0 unspecified atom stereocenters. The summed E-state index contributed by atoms with van der Waals surface area (Å²) in [4.78, 5) is 12.0. The Labute approximate surface area is 107 Å². The molecule has 2 N–H and O–H groups in total. The van der Waals surface area contributed by atoms with Crippen LogP contribution in [0.15, 0.2) is 6.20 Å². The van der Waals surface area contributed by atoms with Gasteiger partial charge >= 0.3 is 5.97 Å². The van der Waals surface area contributed by atoms with E-state index in [9.17, 15) is 4.79 Å². The fourth-order valence-corrected chi connectivity index (χ4v) is 2.25. The van der Waals surface area contributed by atoms with Gasteiger partial charge in [-0.3, -0.25) is 4.68 Å². The van der Waals surface area contributed by atoms with E-state index in [0.29, 0.717) is 11.6 Å². The number of nitrogens with two attached hydrogens (primary N) is 1. The number of hydrogen-bond acceptors (Lipinski definition) is 4. The summed E-state index contributed by atoms with van der Waals surface area (Å²) in [5, 5.41) is 4.24. The first-order valence-electron chi connectivity index (χ1n) is 6.45. The van der Waals surface area contributed by atoms with Gasteiger partial charge in [-0.2, -0.15) is 5.10 Å². The highest BCUT2D eigenvalue weighted by molar-refractivity contribution is 5.94. The van der Waals surface area contributed by atoms with Gasteiger partial charge in [0.25, 0.3) is 0 Å². The van der Waals surface area contributed by atoms with E-state index in [4.69, 9.17) is 10.5 Å². The zero-order valence-electron chi connectivity index (χ0n) is 11.3. The van der Waals surface area contributed by atoms with Crippen LogP contribution in [0.3, 0.4) is 0 Å². The lowest BCUT2D eigenvalue weighted by molar-refractivity contribution is 0.00706. The molecule has 0 amide bonds. The van der Waals surface area contributed by atoms with Crippen molar-refractivity contribution < 1.29 is 9.53 Å². The molecule has 0 saturated heterocycles. The van der Waals surface area contributed by atoms with Gasteiger partial charge in [-0.25, -0.2) is 4.79 Å². The number of anilines is 1. The third-order valence-corrected chi connectivity index (χ3v) is 3.08. The molecule has 1 heterocycles. The summed E-state index contributed by atoms with van der Waals surface area (Å²) < 4.78 is 7.13. The SMILES string of the molecule is CC(C)(C)OC(=O)c1cn(C2CCCC2)nc1N. The fraction of sp³-hybridized carbons (Fsp3) is 0.692. The fourth-order valence-electron chi connectivity index (χ4n) is 2.25. The number of carbonyl (C=O) groups is 1. The molecular formula is C13H21N3O2. The summed E-state index contributed by atoms with van der Waals surface area (Å²) in [6, 6.07) is 0.378. The van der Waals surface area contributed by atoms with Crippen LogP contribution < -0.4 is 5.73 Å². The normalized spacial score (nSPS) is 17.1. The molecule has 0 aliphatic heterocycles. The Kier molecular flexibility index (Phi) is 3.32. The third-order valence-electron chi connectivity index (χ3n) is 3.08. The van der Waals surface area contributed by atoms with E-state index in [0.717, 1.165) is 12.8 Å². The maximum absolute atomic E-state index is 12.0. The molecule has 1 aromatic heterocycles. The molecule has 1 saturated carbocycles. The van der Waals surface area contributed by atoms with E-state index >= 15 is 0 Å². The highest BCUT2D eigenvalue weighted by Crippen LogP contribution is 2.30. The summed E-state index contributed by atoms with van der Waals surface area (Å²) in [7, 11) is 0. The molecule has 2 rings (SSSR count). The Morgan fingerprint density at radius 3 is 2.61 bits per heavy atom. The van der Waals surface area contributed by atoms with E-state index in [2.05, 4.69) is 5.10 Å². The van der Waals surface area contributed by atoms with Crippen LogP contribution in [-0.4, -0.2) is 21.4 Å². The smallest absolute Gasteiger partial charge is 0.344 e. The van der Waals surface area contributed by atoms with Crippen molar-refractivity contribution in [1.82, 2.24) is 9.78 Å². The number of nitrogen functional groups attached to an aromatic ring is 1. The highest BCUT2D eigenvalue weighted by Gasteiger charge is 2.25. The van der Waals surface area contributed by atoms with Crippen molar-refractivity contribution in [3.8, 4) is 0 Å². The molecule has 0 spiro atoms. The summed E-state index contributed by atoms with van der Waals surface area (Å²) >= 11 is 0. The first-order valence-corrected chi connectivity index (χ1v) is 6.45. The summed E-state index contributed by atoms with van der Waals surface area (Å²) in [6.45, 7) is 5.51. The Morgan fingerprint density at radius 2 is 2.06 bits per heavy atom. The standard InChI is InChI=1S/C13H21N3O2/c1-13(2,3)18-12(17)10-8-16(15-11(10)14)9-6-4-5-7-9/h8-9H,4-7H2,1-3H3,(H2,14,15). The second-order valence-corrected chi connectivity index (χ2v) is 5.85. The first kappa shape index (κ1) is 12.9. The first-order chi connectivity index (χ1) is 8.37. The maximum Gasteiger partial charge on any atom is 0.344 e. The average Bonchev–Trinajstić information content (AvgIpc) is 2.82. The molecule has 0 radical (unpaired) electrons. The average molecular weight is 251 g/mol. The topological polar surface area (TPSA) is 70.1 Å². The molecule has 5 nitrogen and oxygen atoms in total. The van der Waals surface area contributed by atoms with Gasteiger partial charge in [0.05, 0.1) is 6.04 Å². The van der Waals surface area contributed by atoms with E-state index in [1.165, 1.54) is 12.8 Å². The van der Waals surface area contributed by atoms with Gasteiger partial charge in [-0.1, -0.05) is 12.8 Å².